The van der Waals surface area contributed by atoms with Gasteiger partial charge >= 0.3 is 6.03 Å². The Balaban J connectivity index is 1.44. The zero-order chi connectivity index (χ0) is 27.7. The van der Waals surface area contributed by atoms with Crippen LogP contribution in [-0.4, -0.2) is 24.6 Å². The van der Waals surface area contributed by atoms with Crippen LogP contribution in [0.4, 0.5) is 10.5 Å². The van der Waals surface area contributed by atoms with E-state index in [1.54, 1.807) is 37.3 Å². The molecule has 3 aromatic rings. The summed E-state index contributed by atoms with van der Waals surface area (Å²) in [5, 5.41) is 2.62. The lowest BCUT2D eigenvalue weighted by Gasteiger charge is -2.26. The largest absolute Gasteiger partial charge is 0.487 e. The molecule has 0 aromatic heterocycles. The number of halogens is 2. The molecule has 39 heavy (non-hydrogen) atoms. The van der Waals surface area contributed by atoms with Crippen molar-refractivity contribution >= 4 is 57.1 Å². The topological polar surface area (TPSA) is 94.2 Å². The first kappa shape index (κ1) is 26.5. The monoisotopic (exact) mass is 608 g/mol. The van der Waals surface area contributed by atoms with Crippen LogP contribution in [0.2, 0.25) is 5.02 Å². The second-order valence-corrected chi connectivity index (χ2v) is 10.1. The fourth-order valence-electron chi connectivity index (χ4n) is 4.19. The fourth-order valence-corrected chi connectivity index (χ4v) is 5.00. The van der Waals surface area contributed by atoms with Crippen molar-refractivity contribution in [3.05, 3.63) is 98.5 Å². The van der Waals surface area contributed by atoms with Gasteiger partial charge < -0.3 is 14.2 Å². The number of hydrogen-bond acceptors (Lipinski definition) is 6. The normalized spacial score (nSPS) is 15.5. The predicted molar refractivity (Wildman–Crippen MR) is 150 cm³/mol. The van der Waals surface area contributed by atoms with Gasteiger partial charge in [-0.3, -0.25) is 14.9 Å². The van der Waals surface area contributed by atoms with E-state index >= 15 is 0 Å². The molecule has 2 heterocycles. The number of aryl methyl sites for hydroxylation is 1. The van der Waals surface area contributed by atoms with Crippen LogP contribution in [0, 0.1) is 6.92 Å². The third-order valence-electron chi connectivity index (χ3n) is 6.15. The zero-order valence-electron chi connectivity index (χ0n) is 20.8. The summed E-state index contributed by atoms with van der Waals surface area (Å²) in [7, 11) is 0. The first-order chi connectivity index (χ1) is 18.7. The first-order valence-corrected chi connectivity index (χ1v) is 13.0. The van der Waals surface area contributed by atoms with Crippen LogP contribution in [-0.2, 0) is 22.6 Å². The Morgan fingerprint density at radius 1 is 1.10 bits per heavy atom. The van der Waals surface area contributed by atoms with E-state index < -0.39 is 17.8 Å². The van der Waals surface area contributed by atoms with Crippen molar-refractivity contribution in [1.82, 2.24) is 5.32 Å². The predicted octanol–water partition coefficient (Wildman–Crippen LogP) is 6.11. The van der Waals surface area contributed by atoms with Crippen molar-refractivity contribution in [3.63, 3.8) is 0 Å². The molecule has 0 spiro atoms. The summed E-state index contributed by atoms with van der Waals surface area (Å²) in [4.78, 5) is 39.4. The molecule has 1 fully saturated rings. The first-order valence-electron chi connectivity index (χ1n) is 11.9. The number of ether oxygens (including phenoxy) is 3. The number of hydrogen-bond donors (Lipinski definition) is 1. The van der Waals surface area contributed by atoms with E-state index in [2.05, 4.69) is 27.8 Å². The van der Waals surface area contributed by atoms with Crippen LogP contribution in [0.5, 0.6) is 17.2 Å². The van der Waals surface area contributed by atoms with Gasteiger partial charge in [-0.25, -0.2) is 9.69 Å². The lowest BCUT2D eigenvalue weighted by molar-refractivity contribution is -0.122. The highest BCUT2D eigenvalue weighted by Gasteiger charge is 2.37. The Morgan fingerprint density at radius 2 is 1.90 bits per heavy atom. The van der Waals surface area contributed by atoms with E-state index in [1.165, 1.54) is 12.1 Å². The van der Waals surface area contributed by atoms with Gasteiger partial charge in [-0.15, -0.1) is 6.58 Å². The summed E-state index contributed by atoms with van der Waals surface area (Å²) in [6.07, 6.45) is 3.64. The smallest absolute Gasteiger partial charge is 0.335 e. The van der Waals surface area contributed by atoms with E-state index in [0.717, 1.165) is 21.6 Å². The van der Waals surface area contributed by atoms with Crippen LogP contribution in [0.25, 0.3) is 6.08 Å². The SMILES string of the molecule is C=CCc1cc(/C=C2/C(=O)NC(=O)N(c3ccc(C)c(Cl)c3)C2=O)cc(Br)c1OCc1ccc2c(c1)OCO2. The number of rotatable bonds is 7. The van der Waals surface area contributed by atoms with Gasteiger partial charge in [0.15, 0.2) is 11.5 Å². The third-order valence-corrected chi connectivity index (χ3v) is 7.15. The number of barbiturate groups is 1. The summed E-state index contributed by atoms with van der Waals surface area (Å²) in [5.74, 6) is 0.411. The maximum absolute atomic E-state index is 13.3. The minimum absolute atomic E-state index is 0.191. The molecule has 0 atom stereocenters. The summed E-state index contributed by atoms with van der Waals surface area (Å²) in [6, 6.07) is 13.1. The van der Waals surface area contributed by atoms with E-state index in [9.17, 15) is 14.4 Å². The molecule has 0 bridgehead atoms. The average Bonchev–Trinajstić information content (AvgIpc) is 3.36. The van der Waals surface area contributed by atoms with Gasteiger partial charge in [-0.1, -0.05) is 29.8 Å². The lowest BCUT2D eigenvalue weighted by Crippen LogP contribution is -2.54. The van der Waals surface area contributed by atoms with E-state index in [-0.39, 0.29) is 24.7 Å². The van der Waals surface area contributed by atoms with E-state index in [0.29, 0.717) is 38.7 Å². The molecular formula is C29H22BrClN2O6. The number of nitrogens with one attached hydrogen (secondary N) is 1. The Bertz CT molecular complexity index is 1570. The summed E-state index contributed by atoms with van der Waals surface area (Å²) >= 11 is 9.77. The van der Waals surface area contributed by atoms with Crippen molar-refractivity contribution in [2.24, 2.45) is 0 Å². The number of allylic oxidation sites excluding steroid dienone is 1. The van der Waals surface area contributed by atoms with Gasteiger partial charge in [0.1, 0.15) is 17.9 Å². The molecule has 10 heteroatoms. The summed E-state index contributed by atoms with van der Waals surface area (Å²) < 4.78 is 17.6. The molecule has 2 aliphatic heterocycles. The Kier molecular flexibility index (Phi) is 7.45. The van der Waals surface area contributed by atoms with Gasteiger partial charge in [0.05, 0.1) is 10.2 Å². The highest BCUT2D eigenvalue weighted by molar-refractivity contribution is 9.10. The number of benzene rings is 3. The van der Waals surface area contributed by atoms with Crippen molar-refractivity contribution in [1.29, 1.82) is 0 Å². The van der Waals surface area contributed by atoms with Gasteiger partial charge in [0, 0.05) is 5.02 Å². The molecule has 1 saturated heterocycles. The number of nitrogens with zero attached hydrogens (tertiary/aromatic N) is 1. The molecule has 198 valence electrons. The van der Waals surface area contributed by atoms with Gasteiger partial charge in [-0.05, 0) is 94.0 Å². The molecule has 2 aliphatic rings. The number of imide groups is 2. The molecule has 0 aliphatic carbocycles. The average molecular weight is 610 g/mol. The minimum Gasteiger partial charge on any atom is -0.487 e. The van der Waals surface area contributed by atoms with Crippen LogP contribution in [0.1, 0.15) is 22.3 Å². The number of urea groups is 1. The molecule has 5 rings (SSSR count). The Hall–Kier alpha value is -4.08. The van der Waals surface area contributed by atoms with E-state index in [4.69, 9.17) is 25.8 Å². The van der Waals surface area contributed by atoms with Crippen LogP contribution in [0.15, 0.2) is 71.2 Å². The number of anilines is 1. The number of carbonyl (C=O) groups excluding carboxylic acids is 3. The van der Waals surface area contributed by atoms with Gasteiger partial charge in [0.25, 0.3) is 11.8 Å². The van der Waals surface area contributed by atoms with Crippen molar-refractivity contribution in [2.45, 2.75) is 20.0 Å². The van der Waals surface area contributed by atoms with Crippen LogP contribution in [0.3, 0.4) is 0 Å². The molecule has 4 amide bonds. The lowest BCUT2D eigenvalue weighted by atomic mass is 10.0. The molecule has 3 aromatic carbocycles. The Labute approximate surface area is 237 Å². The molecular weight excluding hydrogens is 588 g/mol. The summed E-state index contributed by atoms with van der Waals surface area (Å²) in [5.41, 5.74) is 3.09. The maximum Gasteiger partial charge on any atom is 0.335 e. The molecule has 1 N–H and O–H groups in total. The molecule has 0 unspecified atom stereocenters. The third kappa shape index (κ3) is 5.41. The number of fused-ring (bicyclic) bond motifs is 1. The van der Waals surface area contributed by atoms with E-state index in [1.807, 2.05) is 18.2 Å². The summed E-state index contributed by atoms with van der Waals surface area (Å²) in [6.45, 7) is 6.10. The zero-order valence-corrected chi connectivity index (χ0v) is 23.1. The highest BCUT2D eigenvalue weighted by Crippen LogP contribution is 2.36. The fraction of sp³-hybridized carbons (Fsp3) is 0.138. The van der Waals surface area contributed by atoms with Gasteiger partial charge in [0.2, 0.25) is 6.79 Å². The number of amides is 4. The molecule has 8 nitrogen and oxygen atoms in total. The van der Waals surface area contributed by atoms with Crippen LogP contribution >= 0.6 is 27.5 Å². The standard InChI is InChI=1S/C29H22BrClN2O6/c1-3-4-19-9-18(11-22(30)26(19)37-14-17-6-8-24-25(12-17)39-15-38-24)10-21-27(34)32-29(36)33(28(21)35)20-7-5-16(2)23(31)13-20/h3,5-13H,1,4,14-15H2,2H3,(H,32,34,36)/b21-10-. The Morgan fingerprint density at radius 3 is 2.67 bits per heavy atom. The quantitative estimate of drug-likeness (QED) is 0.197. The maximum atomic E-state index is 13.3. The van der Waals surface area contributed by atoms with Crippen molar-refractivity contribution in [3.8, 4) is 17.2 Å². The molecule has 0 saturated carbocycles. The van der Waals surface area contributed by atoms with Crippen molar-refractivity contribution < 1.29 is 28.6 Å². The van der Waals surface area contributed by atoms with Crippen molar-refractivity contribution in [2.75, 3.05) is 11.7 Å². The minimum atomic E-state index is -0.845. The second-order valence-electron chi connectivity index (χ2n) is 8.85. The van der Waals surface area contributed by atoms with Gasteiger partial charge in [-0.2, -0.15) is 0 Å². The second kappa shape index (κ2) is 11.0. The van der Waals surface area contributed by atoms with Crippen LogP contribution < -0.4 is 24.4 Å². The number of carbonyl (C=O) groups is 3. The molecule has 0 radical (unpaired) electrons. The highest BCUT2D eigenvalue weighted by atomic mass is 79.9.